The molecule has 0 unspecified atom stereocenters. The van der Waals surface area contributed by atoms with Crippen LogP contribution in [0.2, 0.25) is 0 Å². The van der Waals surface area contributed by atoms with Crippen LogP contribution in [-0.2, 0) is 10.1 Å². The molecule has 0 saturated heterocycles. The summed E-state index contributed by atoms with van der Waals surface area (Å²) in [6.45, 7) is 0. The van der Waals surface area contributed by atoms with Crippen LogP contribution < -0.4 is 11.3 Å². The minimum absolute atomic E-state index is 0.176. The van der Waals surface area contributed by atoms with E-state index in [1.807, 2.05) is 0 Å². The average molecular weight is 326 g/mol. The summed E-state index contributed by atoms with van der Waals surface area (Å²) in [5.41, 5.74) is 2.89. The molecule has 22 heavy (non-hydrogen) atoms. The number of benzene rings is 2. The molecule has 9 heteroatoms. The number of aromatic hydroxyl groups is 1. The number of carboxylic acids is 1. The fourth-order valence-electron chi connectivity index (χ4n) is 1.47. The van der Waals surface area contributed by atoms with Gasteiger partial charge in [0.15, 0.2) is 0 Å². The van der Waals surface area contributed by atoms with E-state index in [4.69, 9.17) is 20.6 Å². The molecule has 0 bridgehead atoms. The van der Waals surface area contributed by atoms with Crippen molar-refractivity contribution in [2.45, 2.75) is 4.90 Å². The Balaban J connectivity index is 0.000000220. The molecule has 0 spiro atoms. The van der Waals surface area contributed by atoms with Gasteiger partial charge >= 0.3 is 5.97 Å². The summed E-state index contributed by atoms with van der Waals surface area (Å²) in [6, 6.07) is 11.6. The van der Waals surface area contributed by atoms with E-state index < -0.39 is 26.7 Å². The Kier molecular flexibility index (Phi) is 5.87. The molecule has 0 aliphatic rings. The van der Waals surface area contributed by atoms with Crippen molar-refractivity contribution in [3.63, 3.8) is 0 Å². The summed E-state index contributed by atoms with van der Waals surface area (Å²) in [5, 5.41) is 17.5. The lowest BCUT2D eigenvalue weighted by Gasteiger charge is -2.02. The normalized spacial score (nSPS) is 10.3. The first-order chi connectivity index (χ1) is 10.3. The van der Waals surface area contributed by atoms with Gasteiger partial charge in [-0.3, -0.25) is 10.4 Å². The molecule has 0 amide bonds. The number of hydrazine groups is 1. The van der Waals surface area contributed by atoms with E-state index in [2.05, 4.69) is 5.43 Å². The van der Waals surface area contributed by atoms with E-state index in [1.165, 1.54) is 24.3 Å². The molecule has 8 nitrogen and oxygen atoms in total. The van der Waals surface area contributed by atoms with Crippen molar-refractivity contribution in [3.05, 3.63) is 54.1 Å². The SMILES string of the molecule is NNc1ccccc1C(=O)O.O=S(=O)(O)c1ccccc1O. The van der Waals surface area contributed by atoms with Crippen molar-refractivity contribution >= 4 is 21.8 Å². The number of phenols is 1. The van der Waals surface area contributed by atoms with E-state index in [1.54, 1.807) is 18.2 Å². The Hall–Kier alpha value is -2.62. The third-order valence-electron chi connectivity index (χ3n) is 2.46. The summed E-state index contributed by atoms with van der Waals surface area (Å²) in [4.78, 5) is 10.0. The summed E-state index contributed by atoms with van der Waals surface area (Å²) in [7, 11) is -4.28. The number of phenolic OH excluding ortho intramolecular Hbond substituents is 1. The molecule has 2 rings (SSSR count). The number of carbonyl (C=O) groups is 1. The fraction of sp³-hybridized carbons (Fsp3) is 0. The zero-order valence-electron chi connectivity index (χ0n) is 11.2. The highest BCUT2D eigenvalue weighted by atomic mass is 32.2. The lowest BCUT2D eigenvalue weighted by molar-refractivity contribution is 0.0698. The third kappa shape index (κ3) is 4.74. The number of aromatic carboxylic acids is 1. The topological polar surface area (TPSA) is 150 Å². The van der Waals surface area contributed by atoms with Gasteiger partial charge in [0.1, 0.15) is 10.6 Å². The smallest absolute Gasteiger partial charge is 0.337 e. The van der Waals surface area contributed by atoms with Crippen molar-refractivity contribution in [2.24, 2.45) is 5.84 Å². The van der Waals surface area contributed by atoms with Crippen LogP contribution in [0.15, 0.2) is 53.4 Å². The Morgan fingerprint density at radius 2 is 1.59 bits per heavy atom. The average Bonchev–Trinajstić information content (AvgIpc) is 2.47. The van der Waals surface area contributed by atoms with Gasteiger partial charge in [0.2, 0.25) is 0 Å². The molecule has 0 heterocycles. The van der Waals surface area contributed by atoms with Crippen molar-refractivity contribution < 1.29 is 28.0 Å². The number of nitrogens with two attached hydrogens (primary N) is 1. The molecular weight excluding hydrogens is 312 g/mol. The van der Waals surface area contributed by atoms with Crippen LogP contribution >= 0.6 is 0 Å². The standard InChI is InChI=1S/C7H8N2O2.C6H6O4S/c8-9-6-4-2-1-3-5(6)7(10)11;7-5-3-1-2-4-6(5)11(8,9)10/h1-4,9H,8H2,(H,10,11);1-4,7H,(H,8,9,10). The van der Waals surface area contributed by atoms with Crippen molar-refractivity contribution in [1.29, 1.82) is 0 Å². The van der Waals surface area contributed by atoms with Crippen LogP contribution in [0, 0.1) is 0 Å². The Morgan fingerprint density at radius 3 is 2.00 bits per heavy atom. The van der Waals surface area contributed by atoms with Gasteiger partial charge in [0.25, 0.3) is 10.1 Å². The van der Waals surface area contributed by atoms with Gasteiger partial charge in [-0.15, -0.1) is 0 Å². The Morgan fingerprint density at radius 1 is 1.05 bits per heavy atom. The van der Waals surface area contributed by atoms with Crippen molar-refractivity contribution in [2.75, 3.05) is 5.43 Å². The van der Waals surface area contributed by atoms with Gasteiger partial charge in [-0.2, -0.15) is 8.42 Å². The number of nitrogens with one attached hydrogen (secondary N) is 1. The van der Waals surface area contributed by atoms with Gasteiger partial charge in [0, 0.05) is 0 Å². The van der Waals surface area contributed by atoms with Crippen LogP contribution in [0.1, 0.15) is 10.4 Å². The molecular formula is C13H14N2O6S. The fourth-order valence-corrected chi connectivity index (χ4v) is 2.05. The molecule has 118 valence electrons. The van der Waals surface area contributed by atoms with Gasteiger partial charge in [-0.1, -0.05) is 24.3 Å². The summed E-state index contributed by atoms with van der Waals surface area (Å²) in [5.74, 6) is 3.64. The minimum atomic E-state index is -4.28. The van der Waals surface area contributed by atoms with E-state index >= 15 is 0 Å². The first-order valence-corrected chi connectivity index (χ1v) is 7.25. The zero-order valence-corrected chi connectivity index (χ0v) is 12.0. The molecule has 0 fully saturated rings. The second-order valence-electron chi connectivity index (χ2n) is 3.94. The number of para-hydroxylation sites is 2. The van der Waals surface area contributed by atoms with Crippen molar-refractivity contribution in [3.8, 4) is 5.75 Å². The minimum Gasteiger partial charge on any atom is -0.506 e. The second kappa shape index (κ2) is 7.41. The highest BCUT2D eigenvalue weighted by Crippen LogP contribution is 2.20. The molecule has 6 N–H and O–H groups in total. The quantitative estimate of drug-likeness (QED) is 0.322. The van der Waals surface area contributed by atoms with E-state index in [0.29, 0.717) is 5.69 Å². The van der Waals surface area contributed by atoms with Gasteiger partial charge < -0.3 is 15.6 Å². The summed E-state index contributed by atoms with van der Waals surface area (Å²) < 4.78 is 29.4. The van der Waals surface area contributed by atoms with Gasteiger partial charge in [-0.25, -0.2) is 4.79 Å². The van der Waals surface area contributed by atoms with Crippen LogP contribution in [0.4, 0.5) is 5.69 Å². The lowest BCUT2D eigenvalue weighted by Crippen LogP contribution is -2.11. The lowest BCUT2D eigenvalue weighted by atomic mass is 10.2. The molecule has 0 atom stereocenters. The van der Waals surface area contributed by atoms with Crippen LogP contribution in [0.3, 0.4) is 0 Å². The maximum absolute atomic E-state index is 10.5. The second-order valence-corrected chi connectivity index (χ2v) is 5.33. The summed E-state index contributed by atoms with van der Waals surface area (Å²) >= 11 is 0. The number of hydrogen-bond donors (Lipinski definition) is 5. The highest BCUT2D eigenvalue weighted by Gasteiger charge is 2.12. The molecule has 0 aliphatic heterocycles. The highest BCUT2D eigenvalue weighted by molar-refractivity contribution is 7.86. The van der Waals surface area contributed by atoms with Gasteiger partial charge in [-0.05, 0) is 24.3 Å². The number of rotatable bonds is 3. The maximum atomic E-state index is 10.5. The van der Waals surface area contributed by atoms with Gasteiger partial charge in [0.05, 0.1) is 11.3 Å². The maximum Gasteiger partial charge on any atom is 0.337 e. The number of hydrogen-bond acceptors (Lipinski definition) is 6. The molecule has 0 aliphatic carbocycles. The first-order valence-electron chi connectivity index (χ1n) is 5.81. The third-order valence-corrected chi connectivity index (χ3v) is 3.36. The predicted octanol–water partition coefficient (Wildman–Crippen LogP) is 1.31. The number of nitrogen functional groups attached to an aromatic ring is 1. The first kappa shape index (κ1) is 17.4. The molecule has 0 aromatic heterocycles. The van der Waals surface area contributed by atoms with E-state index in [-0.39, 0.29) is 5.56 Å². The largest absolute Gasteiger partial charge is 0.506 e. The van der Waals surface area contributed by atoms with Crippen LogP contribution in [-0.4, -0.2) is 29.2 Å². The van der Waals surface area contributed by atoms with Crippen LogP contribution in [0.25, 0.3) is 0 Å². The Bertz CT molecular complexity index is 761. The molecule has 0 radical (unpaired) electrons. The number of anilines is 1. The zero-order chi connectivity index (χ0) is 16.8. The number of carboxylic acid groups (broad SMARTS) is 1. The Labute approximate surface area is 126 Å². The predicted molar refractivity (Wildman–Crippen MR) is 79.1 cm³/mol. The van der Waals surface area contributed by atoms with E-state index in [0.717, 1.165) is 6.07 Å². The monoisotopic (exact) mass is 326 g/mol. The van der Waals surface area contributed by atoms with Crippen molar-refractivity contribution in [1.82, 2.24) is 0 Å². The van der Waals surface area contributed by atoms with Crippen LogP contribution in [0.5, 0.6) is 5.75 Å². The van der Waals surface area contributed by atoms with E-state index in [9.17, 15) is 13.2 Å². The molecule has 2 aromatic carbocycles. The summed E-state index contributed by atoms with van der Waals surface area (Å²) in [6.07, 6.45) is 0. The molecule has 0 saturated carbocycles. The molecule has 2 aromatic rings.